The van der Waals surface area contributed by atoms with E-state index in [2.05, 4.69) is 4.98 Å². The monoisotopic (exact) mass is 259 g/mol. The highest BCUT2D eigenvalue weighted by atomic mass is 16.5. The number of nitrogens with one attached hydrogen (secondary N) is 1. The highest BCUT2D eigenvalue weighted by molar-refractivity contribution is 6.10. The van der Waals surface area contributed by atoms with E-state index >= 15 is 0 Å². The van der Waals surface area contributed by atoms with Crippen LogP contribution in [0.3, 0.4) is 0 Å². The van der Waals surface area contributed by atoms with Crippen LogP contribution in [-0.4, -0.2) is 30.1 Å². The van der Waals surface area contributed by atoms with Crippen molar-refractivity contribution in [1.29, 1.82) is 0 Å². The minimum Gasteiger partial charge on any atom is -0.494 e. The van der Waals surface area contributed by atoms with Gasteiger partial charge in [-0.3, -0.25) is 4.79 Å². The largest absolute Gasteiger partial charge is 0.494 e. The Hall–Kier alpha value is -1.81. The maximum absolute atomic E-state index is 12.4. The van der Waals surface area contributed by atoms with Gasteiger partial charge in [-0.15, -0.1) is 0 Å². The van der Waals surface area contributed by atoms with E-state index in [1.807, 2.05) is 25.1 Å². The van der Waals surface area contributed by atoms with E-state index in [0.29, 0.717) is 18.8 Å². The zero-order chi connectivity index (χ0) is 13.2. The molecule has 1 N–H and O–H groups in total. The molecule has 0 spiro atoms. The Morgan fingerprint density at radius 2 is 2.42 bits per heavy atom. The highest BCUT2D eigenvalue weighted by Crippen LogP contribution is 2.27. The summed E-state index contributed by atoms with van der Waals surface area (Å²) in [5.41, 5.74) is 1.65. The van der Waals surface area contributed by atoms with Gasteiger partial charge in [0.1, 0.15) is 11.9 Å². The van der Waals surface area contributed by atoms with Crippen molar-refractivity contribution < 1.29 is 14.3 Å². The smallest absolute Gasteiger partial charge is 0.193 e. The van der Waals surface area contributed by atoms with Crippen LogP contribution >= 0.6 is 0 Å². The van der Waals surface area contributed by atoms with Gasteiger partial charge in [0.25, 0.3) is 0 Å². The van der Waals surface area contributed by atoms with E-state index in [0.717, 1.165) is 29.5 Å². The fourth-order valence-electron chi connectivity index (χ4n) is 2.52. The van der Waals surface area contributed by atoms with Crippen molar-refractivity contribution in [3.63, 3.8) is 0 Å². The Bertz CT molecular complexity index is 596. The lowest BCUT2D eigenvalue weighted by Crippen LogP contribution is -2.19. The van der Waals surface area contributed by atoms with E-state index in [4.69, 9.17) is 9.47 Å². The fraction of sp³-hybridized carbons (Fsp3) is 0.400. The summed E-state index contributed by atoms with van der Waals surface area (Å²) >= 11 is 0. The summed E-state index contributed by atoms with van der Waals surface area (Å²) in [5, 5.41) is 0.909. The van der Waals surface area contributed by atoms with Crippen LogP contribution in [0.5, 0.6) is 5.75 Å². The Kier molecular flexibility index (Phi) is 3.25. The molecule has 0 bridgehead atoms. The molecule has 0 amide bonds. The third-order valence-electron chi connectivity index (χ3n) is 3.45. The molecule has 2 aromatic rings. The second kappa shape index (κ2) is 5.05. The van der Waals surface area contributed by atoms with E-state index in [-0.39, 0.29) is 11.9 Å². The first kappa shape index (κ1) is 12.2. The zero-order valence-corrected chi connectivity index (χ0v) is 10.9. The Labute approximate surface area is 111 Å². The normalized spacial score (nSPS) is 18.9. The van der Waals surface area contributed by atoms with Crippen LogP contribution in [0.2, 0.25) is 0 Å². The fourth-order valence-corrected chi connectivity index (χ4v) is 2.52. The highest BCUT2D eigenvalue weighted by Gasteiger charge is 2.26. The summed E-state index contributed by atoms with van der Waals surface area (Å²) < 4.78 is 11.0. The number of aromatic nitrogens is 1. The predicted octanol–water partition coefficient (Wildman–Crippen LogP) is 2.93. The van der Waals surface area contributed by atoms with Crippen LogP contribution in [-0.2, 0) is 4.74 Å². The molecule has 4 heteroatoms. The van der Waals surface area contributed by atoms with Crippen LogP contribution in [0.1, 0.15) is 30.1 Å². The van der Waals surface area contributed by atoms with E-state index in [9.17, 15) is 4.79 Å². The molecular weight excluding hydrogens is 242 g/mol. The molecule has 1 saturated heterocycles. The number of ether oxygens (including phenoxy) is 2. The number of Topliss-reactive ketones (excluding diaryl/α,β-unsaturated/α-hetero) is 1. The molecule has 1 aliphatic rings. The van der Waals surface area contributed by atoms with E-state index < -0.39 is 0 Å². The molecule has 0 radical (unpaired) electrons. The molecule has 3 rings (SSSR count). The molecule has 2 heterocycles. The van der Waals surface area contributed by atoms with Crippen molar-refractivity contribution in [2.75, 3.05) is 13.2 Å². The lowest BCUT2D eigenvalue weighted by atomic mass is 10.0. The molecule has 100 valence electrons. The average molecular weight is 259 g/mol. The van der Waals surface area contributed by atoms with Crippen LogP contribution in [0, 0.1) is 0 Å². The number of hydrogen-bond acceptors (Lipinski definition) is 3. The summed E-state index contributed by atoms with van der Waals surface area (Å²) in [6.07, 6.45) is 3.26. The molecule has 1 aliphatic heterocycles. The number of rotatable bonds is 4. The molecule has 4 nitrogen and oxygen atoms in total. The number of H-pyrrole nitrogens is 1. The van der Waals surface area contributed by atoms with Crippen molar-refractivity contribution in [1.82, 2.24) is 4.98 Å². The molecule has 0 aliphatic carbocycles. The number of hydrogen-bond donors (Lipinski definition) is 1. The molecule has 1 aromatic heterocycles. The Morgan fingerprint density at radius 3 is 3.16 bits per heavy atom. The quantitative estimate of drug-likeness (QED) is 0.859. The van der Waals surface area contributed by atoms with Gasteiger partial charge in [-0.1, -0.05) is 0 Å². The van der Waals surface area contributed by atoms with Crippen LogP contribution in [0.25, 0.3) is 10.9 Å². The Morgan fingerprint density at radius 1 is 1.53 bits per heavy atom. The minimum absolute atomic E-state index is 0.0670. The third kappa shape index (κ3) is 2.24. The van der Waals surface area contributed by atoms with Gasteiger partial charge in [-0.2, -0.15) is 0 Å². The lowest BCUT2D eigenvalue weighted by molar-refractivity contribution is 0.0644. The summed E-state index contributed by atoms with van der Waals surface area (Å²) in [4.78, 5) is 15.5. The second-order valence-corrected chi connectivity index (χ2v) is 4.71. The molecule has 1 aromatic carbocycles. The Balaban J connectivity index is 1.98. The van der Waals surface area contributed by atoms with E-state index in [1.54, 1.807) is 6.20 Å². The number of carbonyl (C=O) groups is 1. The first-order valence-corrected chi connectivity index (χ1v) is 6.69. The van der Waals surface area contributed by atoms with Gasteiger partial charge in [0.2, 0.25) is 0 Å². The van der Waals surface area contributed by atoms with Crippen molar-refractivity contribution in [3.05, 3.63) is 30.0 Å². The maximum atomic E-state index is 12.4. The number of benzene rings is 1. The lowest BCUT2D eigenvalue weighted by Gasteiger charge is -2.07. The first-order valence-electron chi connectivity index (χ1n) is 6.69. The summed E-state index contributed by atoms with van der Waals surface area (Å²) in [7, 11) is 0. The first-order chi connectivity index (χ1) is 9.29. The van der Waals surface area contributed by atoms with Gasteiger partial charge in [-0.05, 0) is 38.0 Å². The summed E-state index contributed by atoms with van der Waals surface area (Å²) in [6.45, 7) is 3.24. The van der Waals surface area contributed by atoms with Crippen molar-refractivity contribution in [2.24, 2.45) is 0 Å². The summed E-state index contributed by atoms with van der Waals surface area (Å²) in [6, 6.07) is 5.76. The topological polar surface area (TPSA) is 51.3 Å². The van der Waals surface area contributed by atoms with Crippen molar-refractivity contribution >= 4 is 16.7 Å². The van der Waals surface area contributed by atoms with Gasteiger partial charge < -0.3 is 14.5 Å². The molecule has 1 unspecified atom stereocenters. The number of carbonyl (C=O) groups excluding carboxylic acids is 1. The second-order valence-electron chi connectivity index (χ2n) is 4.71. The molecule has 1 fully saturated rings. The van der Waals surface area contributed by atoms with Crippen molar-refractivity contribution in [2.45, 2.75) is 25.9 Å². The SMILES string of the molecule is CCOc1ccc2[nH]cc(C(=O)C3CCCO3)c2c1. The van der Waals surface area contributed by atoms with E-state index in [1.165, 1.54) is 0 Å². The number of ketones is 1. The van der Waals surface area contributed by atoms with Gasteiger partial charge in [-0.25, -0.2) is 0 Å². The molecule has 19 heavy (non-hydrogen) atoms. The van der Waals surface area contributed by atoms with Crippen LogP contribution < -0.4 is 4.74 Å². The third-order valence-corrected chi connectivity index (χ3v) is 3.45. The van der Waals surface area contributed by atoms with Crippen LogP contribution in [0.15, 0.2) is 24.4 Å². The standard InChI is InChI=1S/C15H17NO3/c1-2-18-10-5-6-13-11(8-10)12(9-16-13)15(17)14-4-3-7-19-14/h5-6,8-9,14,16H,2-4,7H2,1H3. The van der Waals surface area contributed by atoms with Crippen molar-refractivity contribution in [3.8, 4) is 5.75 Å². The van der Waals surface area contributed by atoms with Crippen LogP contribution in [0.4, 0.5) is 0 Å². The number of aromatic amines is 1. The predicted molar refractivity (Wildman–Crippen MR) is 72.8 cm³/mol. The van der Waals surface area contributed by atoms with Gasteiger partial charge in [0.15, 0.2) is 5.78 Å². The van der Waals surface area contributed by atoms with Gasteiger partial charge in [0.05, 0.1) is 6.61 Å². The number of fused-ring (bicyclic) bond motifs is 1. The molecule has 1 atom stereocenters. The van der Waals surface area contributed by atoms with Gasteiger partial charge >= 0.3 is 0 Å². The molecule has 0 saturated carbocycles. The average Bonchev–Trinajstić information content (AvgIpc) is 3.07. The zero-order valence-electron chi connectivity index (χ0n) is 10.9. The molecular formula is C15H17NO3. The maximum Gasteiger partial charge on any atom is 0.193 e. The minimum atomic E-state index is -0.283. The summed E-state index contributed by atoms with van der Waals surface area (Å²) in [5.74, 6) is 0.855. The van der Waals surface area contributed by atoms with Gasteiger partial charge in [0, 0.05) is 29.3 Å².